The van der Waals surface area contributed by atoms with Gasteiger partial charge in [-0.15, -0.1) is 11.3 Å². The predicted molar refractivity (Wildman–Crippen MR) is 135 cm³/mol. The zero-order valence-electron chi connectivity index (χ0n) is 20.7. The molecular formula is C26H38N4O3S. The van der Waals surface area contributed by atoms with E-state index in [1.165, 1.54) is 4.88 Å². The molecular weight excluding hydrogens is 448 g/mol. The van der Waals surface area contributed by atoms with Gasteiger partial charge in [0.15, 0.2) is 5.13 Å². The van der Waals surface area contributed by atoms with Crippen molar-refractivity contribution < 1.29 is 14.6 Å². The number of pyridine rings is 1. The molecule has 0 saturated heterocycles. The lowest BCUT2D eigenvalue weighted by molar-refractivity contribution is -0.135. The normalized spacial score (nSPS) is 29.1. The van der Waals surface area contributed by atoms with E-state index in [1.54, 1.807) is 18.4 Å². The van der Waals surface area contributed by atoms with Crippen molar-refractivity contribution in [3.05, 3.63) is 40.7 Å². The average Bonchev–Trinajstić information content (AvgIpc) is 3.22. The molecule has 3 N–H and O–H groups in total. The van der Waals surface area contributed by atoms with E-state index in [1.807, 2.05) is 31.3 Å². The summed E-state index contributed by atoms with van der Waals surface area (Å²) < 4.78 is 5.04. The number of carbonyl (C=O) groups excluding carboxylic acids is 1. The summed E-state index contributed by atoms with van der Waals surface area (Å²) in [5, 5.41) is 18.9. The van der Waals surface area contributed by atoms with Gasteiger partial charge in [0.25, 0.3) is 0 Å². The van der Waals surface area contributed by atoms with Gasteiger partial charge in [0.05, 0.1) is 18.4 Å². The molecule has 0 aliphatic heterocycles. The quantitative estimate of drug-likeness (QED) is 0.468. The molecule has 2 aliphatic carbocycles. The summed E-state index contributed by atoms with van der Waals surface area (Å²) in [4.78, 5) is 23.4. The third-order valence-corrected chi connectivity index (χ3v) is 9.00. The van der Waals surface area contributed by atoms with E-state index in [0.29, 0.717) is 13.2 Å². The molecule has 0 radical (unpaired) electrons. The van der Waals surface area contributed by atoms with E-state index < -0.39 is 6.10 Å². The molecule has 2 aromatic rings. The Kier molecular flexibility index (Phi) is 7.90. The largest absolute Gasteiger partial charge is 0.392 e. The van der Waals surface area contributed by atoms with Gasteiger partial charge in [-0.2, -0.15) is 0 Å². The molecule has 1 saturated carbocycles. The van der Waals surface area contributed by atoms with Crippen LogP contribution in [0.3, 0.4) is 0 Å². The van der Waals surface area contributed by atoms with Crippen molar-refractivity contribution in [2.24, 2.45) is 23.2 Å². The lowest BCUT2D eigenvalue weighted by Gasteiger charge is -2.53. The van der Waals surface area contributed by atoms with E-state index in [9.17, 15) is 9.90 Å². The Hall–Kier alpha value is -2.03. The highest BCUT2D eigenvalue weighted by atomic mass is 32.1. The summed E-state index contributed by atoms with van der Waals surface area (Å²) in [6.45, 7) is 8.25. The second-order valence-electron chi connectivity index (χ2n) is 10.2. The molecule has 2 heterocycles. The van der Waals surface area contributed by atoms with Crippen LogP contribution < -0.4 is 10.6 Å². The van der Waals surface area contributed by atoms with Gasteiger partial charge in [0.2, 0.25) is 5.91 Å². The summed E-state index contributed by atoms with van der Waals surface area (Å²) in [7, 11) is 1.62. The van der Waals surface area contributed by atoms with Crippen LogP contribution >= 0.6 is 11.3 Å². The first-order valence-electron chi connectivity index (χ1n) is 12.4. The average molecular weight is 487 g/mol. The van der Waals surface area contributed by atoms with E-state index in [2.05, 4.69) is 29.5 Å². The van der Waals surface area contributed by atoms with Crippen molar-refractivity contribution in [2.75, 3.05) is 32.1 Å². The molecule has 1 amide bonds. The molecule has 186 valence electrons. The molecule has 2 aliphatic rings. The van der Waals surface area contributed by atoms with Crippen LogP contribution in [-0.4, -0.2) is 53.9 Å². The fourth-order valence-corrected chi connectivity index (χ4v) is 7.39. The van der Waals surface area contributed by atoms with Gasteiger partial charge in [-0.25, -0.2) is 4.98 Å². The van der Waals surface area contributed by atoms with Gasteiger partial charge in [-0.1, -0.05) is 26.8 Å². The Morgan fingerprint density at radius 1 is 1.38 bits per heavy atom. The number of amides is 1. The smallest absolute Gasteiger partial charge is 0.223 e. The van der Waals surface area contributed by atoms with E-state index in [-0.39, 0.29) is 35.0 Å². The standard InChI is InChI=1S/C26H38N4O3S/c1-16(24(32)28-13-14-33-4)19-8-10-26(3)15-20-22(17(2)21(26)23(19)31)30-25(34-20)29-12-9-18-7-5-6-11-27-18/h5-7,11,16-17,19,21,23,31H,8-10,12-15H2,1-4H3,(H,28,32)(H,29,30)/t16-,17+,19-,21+,23-,26+/m0/s1. The predicted octanol–water partition coefficient (Wildman–Crippen LogP) is 3.64. The Morgan fingerprint density at radius 2 is 2.21 bits per heavy atom. The Bertz CT molecular complexity index is 968. The number of hydrogen-bond donors (Lipinski definition) is 3. The SMILES string of the molecule is COCCNC(=O)[C@@H](C)[C@@H]1CC[C@]2(C)Cc3sc(NCCc4ccccn4)nc3[C@H](C)[C@@H]2[C@H]1O. The summed E-state index contributed by atoms with van der Waals surface area (Å²) in [6, 6.07) is 5.98. The lowest BCUT2D eigenvalue weighted by atomic mass is 9.53. The number of methoxy groups -OCH3 is 1. The first-order chi connectivity index (χ1) is 16.3. The maximum atomic E-state index is 12.7. The van der Waals surface area contributed by atoms with Gasteiger partial charge >= 0.3 is 0 Å². The van der Waals surface area contributed by atoms with Crippen LogP contribution in [0.15, 0.2) is 24.4 Å². The van der Waals surface area contributed by atoms with Gasteiger partial charge in [0.1, 0.15) is 0 Å². The lowest BCUT2D eigenvalue weighted by Crippen LogP contribution is -2.53. The number of aliphatic hydroxyl groups excluding tert-OH is 1. The number of anilines is 1. The molecule has 1 fully saturated rings. The number of carbonyl (C=O) groups is 1. The van der Waals surface area contributed by atoms with Crippen LogP contribution in [0, 0.1) is 23.2 Å². The Labute approximate surface area is 206 Å². The number of nitrogens with zero attached hydrogens (tertiary/aromatic N) is 2. The highest BCUT2D eigenvalue weighted by molar-refractivity contribution is 7.15. The zero-order chi connectivity index (χ0) is 24.3. The van der Waals surface area contributed by atoms with Crippen LogP contribution in [-0.2, 0) is 22.4 Å². The van der Waals surface area contributed by atoms with Crippen molar-refractivity contribution in [3.8, 4) is 0 Å². The summed E-state index contributed by atoms with van der Waals surface area (Å²) in [5.74, 6) is -0.0280. The minimum atomic E-state index is -0.521. The van der Waals surface area contributed by atoms with Crippen molar-refractivity contribution >= 4 is 22.4 Å². The number of nitrogens with one attached hydrogen (secondary N) is 2. The van der Waals surface area contributed by atoms with E-state index >= 15 is 0 Å². The monoisotopic (exact) mass is 486 g/mol. The summed E-state index contributed by atoms with van der Waals surface area (Å²) in [5.41, 5.74) is 2.20. The molecule has 4 rings (SSSR count). The number of thiazole rings is 1. The van der Waals surface area contributed by atoms with Crippen LogP contribution in [0.2, 0.25) is 0 Å². The highest BCUT2D eigenvalue weighted by Gasteiger charge is 2.53. The molecule has 7 nitrogen and oxygen atoms in total. The van der Waals surface area contributed by atoms with Crippen molar-refractivity contribution in [2.45, 2.75) is 58.5 Å². The first-order valence-corrected chi connectivity index (χ1v) is 13.2. The maximum absolute atomic E-state index is 12.7. The minimum absolute atomic E-state index is 0.00176. The van der Waals surface area contributed by atoms with Gasteiger partial charge in [0, 0.05) is 55.2 Å². The first kappa shape index (κ1) is 25.1. The fraction of sp³-hybridized carbons (Fsp3) is 0.654. The molecule has 0 spiro atoms. The van der Waals surface area contributed by atoms with Crippen molar-refractivity contribution in [1.82, 2.24) is 15.3 Å². The summed E-state index contributed by atoms with van der Waals surface area (Å²) in [6.07, 6.45) is 4.97. The molecule has 0 aromatic carbocycles. The third-order valence-electron chi connectivity index (χ3n) is 7.97. The van der Waals surface area contributed by atoms with Gasteiger partial charge in [-0.3, -0.25) is 9.78 Å². The van der Waals surface area contributed by atoms with Crippen molar-refractivity contribution in [3.63, 3.8) is 0 Å². The minimum Gasteiger partial charge on any atom is -0.392 e. The number of rotatable bonds is 9. The van der Waals surface area contributed by atoms with E-state index in [4.69, 9.17) is 9.72 Å². The number of ether oxygens (including phenoxy) is 1. The van der Waals surface area contributed by atoms with Crippen LogP contribution in [0.25, 0.3) is 0 Å². The number of aromatic nitrogens is 2. The van der Waals surface area contributed by atoms with Gasteiger partial charge < -0.3 is 20.5 Å². The topological polar surface area (TPSA) is 96.4 Å². The Balaban J connectivity index is 1.44. The molecule has 2 aromatic heterocycles. The van der Waals surface area contributed by atoms with Crippen LogP contribution in [0.5, 0.6) is 0 Å². The highest BCUT2D eigenvalue weighted by Crippen LogP contribution is 2.57. The molecule has 8 heteroatoms. The number of hydrogen-bond acceptors (Lipinski definition) is 7. The van der Waals surface area contributed by atoms with Crippen LogP contribution in [0.4, 0.5) is 5.13 Å². The number of aliphatic hydroxyl groups is 1. The molecule has 6 atom stereocenters. The van der Waals surface area contributed by atoms with Gasteiger partial charge in [-0.05, 0) is 48.6 Å². The maximum Gasteiger partial charge on any atom is 0.223 e. The zero-order valence-corrected chi connectivity index (χ0v) is 21.5. The van der Waals surface area contributed by atoms with Crippen LogP contribution in [0.1, 0.15) is 55.8 Å². The van der Waals surface area contributed by atoms with E-state index in [0.717, 1.165) is 48.7 Å². The molecule has 0 unspecified atom stereocenters. The fourth-order valence-electron chi connectivity index (χ4n) is 6.10. The summed E-state index contributed by atoms with van der Waals surface area (Å²) >= 11 is 1.75. The Morgan fingerprint density at radius 3 is 2.94 bits per heavy atom. The van der Waals surface area contributed by atoms with Crippen molar-refractivity contribution in [1.29, 1.82) is 0 Å². The number of fused-ring (bicyclic) bond motifs is 2. The second kappa shape index (κ2) is 10.7. The second-order valence-corrected chi connectivity index (χ2v) is 11.3. The third kappa shape index (κ3) is 5.14. The molecule has 34 heavy (non-hydrogen) atoms. The molecule has 0 bridgehead atoms.